The third-order valence-corrected chi connectivity index (χ3v) is 2.84. The van der Waals surface area contributed by atoms with E-state index in [4.69, 9.17) is 4.74 Å². The van der Waals surface area contributed by atoms with Crippen LogP contribution in [0.3, 0.4) is 0 Å². The van der Waals surface area contributed by atoms with Crippen molar-refractivity contribution in [3.8, 4) is 0 Å². The van der Waals surface area contributed by atoms with Gasteiger partial charge in [0.25, 0.3) is 0 Å². The summed E-state index contributed by atoms with van der Waals surface area (Å²) in [5.41, 5.74) is 1.08. The molecule has 1 heterocycles. The molecule has 98 valence electrons. The van der Waals surface area contributed by atoms with Crippen molar-refractivity contribution in [1.29, 1.82) is 0 Å². The number of imidazole rings is 1. The van der Waals surface area contributed by atoms with E-state index < -0.39 is 0 Å². The molecule has 0 radical (unpaired) electrons. The van der Waals surface area contributed by atoms with Crippen LogP contribution in [0.15, 0.2) is 12.5 Å². The molecule has 1 rings (SSSR count). The Balaban J connectivity index is 2.64. The van der Waals surface area contributed by atoms with Crippen LogP contribution in [0.5, 0.6) is 0 Å². The summed E-state index contributed by atoms with van der Waals surface area (Å²) >= 11 is 0. The minimum Gasteiger partial charge on any atom is -0.383 e. The Morgan fingerprint density at radius 2 is 2.06 bits per heavy atom. The third-order valence-electron chi connectivity index (χ3n) is 2.84. The van der Waals surface area contributed by atoms with Gasteiger partial charge in [-0.05, 0) is 5.92 Å². The fourth-order valence-corrected chi connectivity index (χ4v) is 1.75. The van der Waals surface area contributed by atoms with Gasteiger partial charge < -0.3 is 14.6 Å². The van der Waals surface area contributed by atoms with E-state index in [1.54, 1.807) is 7.11 Å². The zero-order valence-electron chi connectivity index (χ0n) is 11.6. The van der Waals surface area contributed by atoms with E-state index in [1.165, 1.54) is 0 Å². The zero-order valence-corrected chi connectivity index (χ0v) is 11.6. The molecule has 0 spiro atoms. The van der Waals surface area contributed by atoms with E-state index in [-0.39, 0.29) is 0 Å². The number of ether oxygens (including phenoxy) is 1. The van der Waals surface area contributed by atoms with Crippen molar-refractivity contribution in [2.24, 2.45) is 5.92 Å². The minimum atomic E-state index is 0.361. The summed E-state index contributed by atoms with van der Waals surface area (Å²) in [5, 5.41) is 3.37. The maximum Gasteiger partial charge on any atom is 0.0953 e. The second-order valence-electron chi connectivity index (χ2n) is 5.11. The fourth-order valence-electron chi connectivity index (χ4n) is 1.75. The molecule has 17 heavy (non-hydrogen) atoms. The molecule has 0 aliphatic heterocycles. The maximum absolute atomic E-state index is 5.26. The van der Waals surface area contributed by atoms with E-state index in [0.717, 1.165) is 18.8 Å². The van der Waals surface area contributed by atoms with Crippen molar-refractivity contribution < 1.29 is 4.74 Å². The van der Waals surface area contributed by atoms with Gasteiger partial charge >= 0.3 is 0 Å². The van der Waals surface area contributed by atoms with Crippen molar-refractivity contribution in [2.75, 3.05) is 13.7 Å². The smallest absolute Gasteiger partial charge is 0.0953 e. The van der Waals surface area contributed by atoms with Crippen LogP contribution in [-0.2, 0) is 11.3 Å². The van der Waals surface area contributed by atoms with Gasteiger partial charge in [-0.25, -0.2) is 4.98 Å². The molecule has 0 saturated carbocycles. The molecule has 0 aliphatic rings. The lowest BCUT2D eigenvalue weighted by Gasteiger charge is -2.21. The van der Waals surface area contributed by atoms with Gasteiger partial charge in [0.2, 0.25) is 0 Å². The standard InChI is InChI=1S/C13H25N3O/c1-10(2)13(8-17-5)16-7-12(15-9-16)6-14-11(3)4/h7,9-11,13-14H,6,8H2,1-5H3. The van der Waals surface area contributed by atoms with Crippen molar-refractivity contribution in [3.05, 3.63) is 18.2 Å². The van der Waals surface area contributed by atoms with Gasteiger partial charge in [0.05, 0.1) is 24.7 Å². The third kappa shape index (κ3) is 4.48. The second-order valence-corrected chi connectivity index (χ2v) is 5.11. The predicted octanol–water partition coefficient (Wildman–Crippen LogP) is 2.22. The largest absolute Gasteiger partial charge is 0.383 e. The highest BCUT2D eigenvalue weighted by atomic mass is 16.5. The summed E-state index contributed by atoms with van der Waals surface area (Å²) < 4.78 is 7.42. The average Bonchev–Trinajstić information content (AvgIpc) is 2.71. The molecule has 0 fully saturated rings. The Hall–Kier alpha value is -0.870. The van der Waals surface area contributed by atoms with Crippen molar-refractivity contribution in [2.45, 2.75) is 46.3 Å². The molecular weight excluding hydrogens is 214 g/mol. The SMILES string of the molecule is COCC(C(C)C)n1cnc(CNC(C)C)c1. The summed E-state index contributed by atoms with van der Waals surface area (Å²) in [4.78, 5) is 4.42. The average molecular weight is 239 g/mol. The summed E-state index contributed by atoms with van der Waals surface area (Å²) in [6, 6.07) is 0.848. The van der Waals surface area contributed by atoms with E-state index in [9.17, 15) is 0 Å². The van der Waals surface area contributed by atoms with Crippen LogP contribution in [0.1, 0.15) is 39.4 Å². The molecule has 0 aliphatic carbocycles. The van der Waals surface area contributed by atoms with Gasteiger partial charge in [-0.2, -0.15) is 0 Å². The van der Waals surface area contributed by atoms with Crippen LogP contribution < -0.4 is 5.32 Å². The van der Waals surface area contributed by atoms with Crippen LogP contribution >= 0.6 is 0 Å². The Bertz CT molecular complexity index is 320. The van der Waals surface area contributed by atoms with E-state index in [0.29, 0.717) is 18.0 Å². The first-order valence-electron chi connectivity index (χ1n) is 6.29. The summed E-state index contributed by atoms with van der Waals surface area (Å²) in [6.45, 7) is 10.2. The summed E-state index contributed by atoms with van der Waals surface area (Å²) in [7, 11) is 1.74. The molecular formula is C13H25N3O. The molecule has 0 aromatic carbocycles. The number of nitrogens with zero attached hydrogens (tertiary/aromatic N) is 2. The number of rotatable bonds is 7. The molecule has 1 unspecified atom stereocenters. The predicted molar refractivity (Wildman–Crippen MR) is 70.0 cm³/mol. The van der Waals surface area contributed by atoms with Gasteiger partial charge in [-0.1, -0.05) is 27.7 Å². The highest BCUT2D eigenvalue weighted by Crippen LogP contribution is 2.18. The van der Waals surface area contributed by atoms with E-state index >= 15 is 0 Å². The Morgan fingerprint density at radius 1 is 1.35 bits per heavy atom. The van der Waals surface area contributed by atoms with Crippen LogP contribution in [0.2, 0.25) is 0 Å². The van der Waals surface area contributed by atoms with Crippen molar-refractivity contribution in [1.82, 2.24) is 14.9 Å². The van der Waals surface area contributed by atoms with Gasteiger partial charge in [0, 0.05) is 25.9 Å². The fraction of sp³-hybridized carbons (Fsp3) is 0.769. The minimum absolute atomic E-state index is 0.361. The lowest BCUT2D eigenvalue weighted by atomic mass is 10.1. The Labute approximate surface area is 104 Å². The second kappa shape index (κ2) is 6.77. The first-order valence-corrected chi connectivity index (χ1v) is 6.29. The Morgan fingerprint density at radius 3 is 2.59 bits per heavy atom. The van der Waals surface area contributed by atoms with Gasteiger partial charge in [-0.15, -0.1) is 0 Å². The molecule has 1 atom stereocenters. The lowest BCUT2D eigenvalue weighted by Crippen LogP contribution is -2.22. The molecule has 0 bridgehead atoms. The first kappa shape index (κ1) is 14.2. The van der Waals surface area contributed by atoms with Gasteiger partial charge in [0.1, 0.15) is 0 Å². The van der Waals surface area contributed by atoms with E-state index in [2.05, 4.69) is 48.8 Å². The zero-order chi connectivity index (χ0) is 12.8. The van der Waals surface area contributed by atoms with Crippen LogP contribution in [0.25, 0.3) is 0 Å². The number of methoxy groups -OCH3 is 1. The molecule has 4 nitrogen and oxygen atoms in total. The van der Waals surface area contributed by atoms with Crippen molar-refractivity contribution in [3.63, 3.8) is 0 Å². The monoisotopic (exact) mass is 239 g/mol. The quantitative estimate of drug-likeness (QED) is 0.793. The Kier molecular flexibility index (Phi) is 5.65. The molecule has 1 aromatic heterocycles. The van der Waals surface area contributed by atoms with Crippen LogP contribution in [-0.4, -0.2) is 29.3 Å². The summed E-state index contributed by atoms with van der Waals surface area (Å²) in [6.07, 6.45) is 4.01. The first-order chi connectivity index (χ1) is 8.04. The highest BCUT2D eigenvalue weighted by Gasteiger charge is 2.15. The van der Waals surface area contributed by atoms with Crippen LogP contribution in [0.4, 0.5) is 0 Å². The normalized spacial score (nSPS) is 13.6. The van der Waals surface area contributed by atoms with Crippen LogP contribution in [0, 0.1) is 5.92 Å². The molecule has 1 aromatic rings. The highest BCUT2D eigenvalue weighted by molar-refractivity contribution is 4.98. The number of nitrogens with one attached hydrogen (secondary N) is 1. The summed E-state index contributed by atoms with van der Waals surface area (Å²) in [5.74, 6) is 0.537. The number of aromatic nitrogens is 2. The number of hydrogen-bond acceptors (Lipinski definition) is 3. The number of hydrogen-bond donors (Lipinski definition) is 1. The molecule has 0 saturated heterocycles. The lowest BCUT2D eigenvalue weighted by molar-refractivity contribution is 0.133. The van der Waals surface area contributed by atoms with Gasteiger partial charge in [0.15, 0.2) is 0 Å². The maximum atomic E-state index is 5.26. The van der Waals surface area contributed by atoms with E-state index in [1.807, 2.05) is 6.33 Å². The van der Waals surface area contributed by atoms with Crippen molar-refractivity contribution >= 4 is 0 Å². The molecule has 4 heteroatoms. The molecule has 0 amide bonds. The van der Waals surface area contributed by atoms with Gasteiger partial charge in [-0.3, -0.25) is 0 Å². The molecule has 1 N–H and O–H groups in total. The topological polar surface area (TPSA) is 39.1 Å².